The second kappa shape index (κ2) is 6.57. The van der Waals surface area contributed by atoms with Gasteiger partial charge in [-0.15, -0.1) is 0 Å². The van der Waals surface area contributed by atoms with Gasteiger partial charge in [0.2, 0.25) is 0 Å². The highest BCUT2D eigenvalue weighted by atomic mass is 33.1. The van der Waals surface area contributed by atoms with Gasteiger partial charge in [-0.3, -0.25) is 4.79 Å². The third-order valence-electron chi connectivity index (χ3n) is 0.824. The number of nitrogens with two attached hydrogens (primary N) is 1. The van der Waals surface area contributed by atoms with E-state index in [9.17, 15) is 4.79 Å². The van der Waals surface area contributed by atoms with Crippen LogP contribution in [0.2, 0.25) is 0 Å². The summed E-state index contributed by atoms with van der Waals surface area (Å²) in [5.41, 5.74) is 5.24. The molecule has 0 heterocycles. The molecule has 0 fully saturated rings. The van der Waals surface area contributed by atoms with Gasteiger partial charge in [-0.1, -0.05) is 27.7 Å². The summed E-state index contributed by atoms with van der Waals surface area (Å²) in [5, 5.41) is 10.3. The van der Waals surface area contributed by atoms with Gasteiger partial charge in [0.1, 0.15) is 6.04 Å². The van der Waals surface area contributed by atoms with Crippen molar-refractivity contribution in [1.29, 1.82) is 0 Å². The van der Waals surface area contributed by atoms with E-state index in [1.807, 2.05) is 18.4 Å². The molecule has 5 heteroatoms. The van der Waals surface area contributed by atoms with Gasteiger partial charge in [0.05, 0.1) is 0 Å². The second-order valence-corrected chi connectivity index (χ2v) is 4.11. The van der Waals surface area contributed by atoms with Crippen molar-refractivity contribution in [2.75, 3.05) is 5.75 Å². The highest BCUT2D eigenvalue weighted by Crippen LogP contribution is 2.22. The van der Waals surface area contributed by atoms with Crippen molar-refractivity contribution in [3.8, 4) is 0 Å². The number of carboxylic acid groups (broad SMARTS) is 1. The van der Waals surface area contributed by atoms with E-state index in [1.165, 1.54) is 21.6 Å². The van der Waals surface area contributed by atoms with Crippen LogP contribution in [-0.4, -0.2) is 22.9 Å². The summed E-state index contributed by atoms with van der Waals surface area (Å²) in [6.07, 6.45) is 1.89. The quantitative estimate of drug-likeness (QED) is 0.509. The van der Waals surface area contributed by atoms with Crippen molar-refractivity contribution in [2.24, 2.45) is 5.73 Å². The Bertz CT molecular complexity index is 150. The van der Waals surface area contributed by atoms with E-state index in [1.54, 1.807) is 0 Å². The number of aliphatic carboxylic acids is 1. The number of carboxylic acids is 1. The lowest BCUT2D eigenvalue weighted by Crippen LogP contribution is -2.32. The van der Waals surface area contributed by atoms with Crippen LogP contribution in [0.5, 0.6) is 0 Å². The number of hydrogen-bond donors (Lipinski definition) is 2. The lowest BCUT2D eigenvalue weighted by Gasteiger charge is -2.02. The maximum Gasteiger partial charge on any atom is 0.321 e. The number of allylic oxidation sites excluding steroid dienone is 1. The zero-order chi connectivity index (χ0) is 8.69. The molecule has 0 aromatic heterocycles. The van der Waals surface area contributed by atoms with Crippen LogP contribution in [0.3, 0.4) is 0 Å². The van der Waals surface area contributed by atoms with Crippen LogP contribution < -0.4 is 5.73 Å². The minimum Gasteiger partial charge on any atom is -0.480 e. The van der Waals surface area contributed by atoms with E-state index in [2.05, 4.69) is 0 Å². The molecule has 3 N–H and O–H groups in total. The lowest BCUT2D eigenvalue weighted by molar-refractivity contribution is -0.137. The molecule has 0 unspecified atom stereocenters. The van der Waals surface area contributed by atoms with Gasteiger partial charge in [0, 0.05) is 5.75 Å². The molecule has 0 bridgehead atoms. The largest absolute Gasteiger partial charge is 0.480 e. The van der Waals surface area contributed by atoms with E-state index in [4.69, 9.17) is 10.8 Å². The average Bonchev–Trinajstić information content (AvgIpc) is 1.97. The highest BCUT2D eigenvalue weighted by Gasteiger charge is 2.09. The fraction of sp³-hybridized carbons (Fsp3) is 0.500. The summed E-state index contributed by atoms with van der Waals surface area (Å²) >= 11 is 0. The van der Waals surface area contributed by atoms with E-state index >= 15 is 0 Å². The van der Waals surface area contributed by atoms with Crippen molar-refractivity contribution in [3.63, 3.8) is 0 Å². The zero-order valence-corrected chi connectivity index (χ0v) is 7.82. The van der Waals surface area contributed by atoms with Crippen LogP contribution in [0.1, 0.15) is 6.92 Å². The molecule has 3 nitrogen and oxygen atoms in total. The van der Waals surface area contributed by atoms with E-state index in [0.717, 1.165) is 0 Å². The van der Waals surface area contributed by atoms with Gasteiger partial charge in [-0.05, 0) is 12.3 Å². The monoisotopic (exact) mass is 193 g/mol. The van der Waals surface area contributed by atoms with Gasteiger partial charge in [-0.25, -0.2) is 0 Å². The predicted octanol–water partition coefficient (Wildman–Crippen LogP) is 1.31. The molecule has 0 aliphatic rings. The molecule has 0 spiro atoms. The Morgan fingerprint density at radius 2 is 2.45 bits per heavy atom. The molecule has 0 radical (unpaired) electrons. The van der Waals surface area contributed by atoms with Gasteiger partial charge in [0.15, 0.2) is 0 Å². The average molecular weight is 193 g/mol. The van der Waals surface area contributed by atoms with Gasteiger partial charge in [0.25, 0.3) is 0 Å². The fourth-order valence-corrected chi connectivity index (χ4v) is 2.08. The minimum absolute atomic E-state index is 0.435. The Hall–Kier alpha value is -0.130. The SMILES string of the molecule is C/C=C/SSC[C@@H](N)C(=O)O. The molecule has 11 heavy (non-hydrogen) atoms. The fourth-order valence-electron chi connectivity index (χ4n) is 0.279. The van der Waals surface area contributed by atoms with Crippen LogP contribution in [0.25, 0.3) is 0 Å². The highest BCUT2D eigenvalue weighted by molar-refractivity contribution is 8.77. The number of rotatable bonds is 5. The summed E-state index contributed by atoms with van der Waals surface area (Å²) < 4.78 is 0. The first-order valence-corrected chi connectivity index (χ1v) is 5.44. The van der Waals surface area contributed by atoms with Crippen LogP contribution in [0.4, 0.5) is 0 Å². The summed E-state index contributed by atoms with van der Waals surface area (Å²) in [5.74, 6) is -0.511. The van der Waals surface area contributed by atoms with Crippen molar-refractivity contribution >= 4 is 27.6 Å². The maximum absolute atomic E-state index is 10.2. The number of carbonyl (C=O) groups is 1. The minimum atomic E-state index is -0.946. The van der Waals surface area contributed by atoms with Crippen LogP contribution in [0.15, 0.2) is 11.5 Å². The molecule has 0 aromatic rings. The Balaban J connectivity index is 3.31. The van der Waals surface area contributed by atoms with E-state index in [0.29, 0.717) is 5.75 Å². The second-order valence-electron chi connectivity index (χ2n) is 1.79. The first kappa shape index (κ1) is 10.9. The molecule has 0 aliphatic heterocycles. The molecule has 0 aliphatic carbocycles. The molecular formula is C6H11NO2S2. The van der Waals surface area contributed by atoms with Gasteiger partial charge < -0.3 is 10.8 Å². The molecule has 0 saturated heterocycles. The summed E-state index contributed by atoms with van der Waals surface area (Å²) in [6.45, 7) is 1.91. The van der Waals surface area contributed by atoms with Crippen molar-refractivity contribution in [1.82, 2.24) is 0 Å². The summed E-state index contributed by atoms with van der Waals surface area (Å²) in [7, 11) is 2.93. The predicted molar refractivity (Wildman–Crippen MR) is 50.5 cm³/mol. The Kier molecular flexibility index (Phi) is 6.49. The molecular weight excluding hydrogens is 182 g/mol. The summed E-state index contributed by atoms with van der Waals surface area (Å²) in [6, 6.07) is -0.752. The number of hydrogen-bond acceptors (Lipinski definition) is 4. The normalized spacial score (nSPS) is 13.6. The van der Waals surface area contributed by atoms with Gasteiger partial charge >= 0.3 is 5.97 Å². The molecule has 0 amide bonds. The van der Waals surface area contributed by atoms with Crippen LogP contribution in [-0.2, 0) is 4.79 Å². The molecule has 0 rings (SSSR count). The third-order valence-corrected chi connectivity index (χ3v) is 2.99. The van der Waals surface area contributed by atoms with Gasteiger partial charge in [-0.2, -0.15) is 0 Å². The lowest BCUT2D eigenvalue weighted by atomic mass is 10.4. The van der Waals surface area contributed by atoms with Crippen LogP contribution >= 0.6 is 21.6 Å². The zero-order valence-electron chi connectivity index (χ0n) is 6.19. The molecule has 64 valence electrons. The van der Waals surface area contributed by atoms with E-state index in [-0.39, 0.29) is 0 Å². The topological polar surface area (TPSA) is 63.3 Å². The Labute approximate surface area is 73.8 Å². The Morgan fingerprint density at radius 1 is 1.82 bits per heavy atom. The third kappa shape index (κ3) is 6.28. The summed E-state index contributed by atoms with van der Waals surface area (Å²) in [4.78, 5) is 10.2. The first-order valence-electron chi connectivity index (χ1n) is 3.06. The first-order chi connectivity index (χ1) is 5.18. The maximum atomic E-state index is 10.2. The Morgan fingerprint density at radius 3 is 2.91 bits per heavy atom. The van der Waals surface area contributed by atoms with E-state index < -0.39 is 12.0 Å². The van der Waals surface area contributed by atoms with Crippen molar-refractivity contribution < 1.29 is 9.90 Å². The standard InChI is InChI=1S/C6H11NO2S2/c1-2-3-10-11-4-5(7)6(8)9/h2-3,5H,4,7H2,1H3,(H,8,9)/b3-2+/t5-/m1/s1. The van der Waals surface area contributed by atoms with Crippen LogP contribution in [0, 0.1) is 0 Å². The smallest absolute Gasteiger partial charge is 0.321 e. The molecule has 0 saturated carbocycles. The van der Waals surface area contributed by atoms with Crippen molar-refractivity contribution in [2.45, 2.75) is 13.0 Å². The van der Waals surface area contributed by atoms with Crippen molar-refractivity contribution in [3.05, 3.63) is 11.5 Å². The molecule has 0 aromatic carbocycles. The molecule has 1 atom stereocenters.